The summed E-state index contributed by atoms with van der Waals surface area (Å²) in [6.45, 7) is 4.99. The molecule has 1 aromatic rings. The van der Waals surface area contributed by atoms with Crippen molar-refractivity contribution in [1.82, 2.24) is 5.32 Å². The van der Waals surface area contributed by atoms with E-state index in [0.717, 1.165) is 12.1 Å². The van der Waals surface area contributed by atoms with Crippen LogP contribution in [0.5, 0.6) is 0 Å². The third kappa shape index (κ3) is 7.94. The van der Waals surface area contributed by atoms with Crippen LogP contribution in [0.2, 0.25) is 5.02 Å². The van der Waals surface area contributed by atoms with Crippen molar-refractivity contribution in [1.29, 1.82) is 0 Å². The van der Waals surface area contributed by atoms with Gasteiger partial charge in [0, 0.05) is 31.2 Å². The number of ether oxygens (including phenoxy) is 2. The average molecular weight is 383 g/mol. The lowest BCUT2D eigenvalue weighted by atomic mass is 10.1. The van der Waals surface area contributed by atoms with Gasteiger partial charge in [-0.25, -0.2) is 4.79 Å². The topological polar surface area (TPSA) is 59.6 Å². The molecule has 0 atom stereocenters. The summed E-state index contributed by atoms with van der Waals surface area (Å²) in [6, 6.07) is 2.44. The highest BCUT2D eigenvalue weighted by atomic mass is 35.5. The van der Waals surface area contributed by atoms with Gasteiger partial charge in [-0.3, -0.25) is 0 Å². The maximum absolute atomic E-state index is 13.0. The summed E-state index contributed by atoms with van der Waals surface area (Å²) >= 11 is 5.59. The van der Waals surface area contributed by atoms with E-state index < -0.39 is 17.8 Å². The summed E-state index contributed by atoms with van der Waals surface area (Å²) in [4.78, 5) is 11.8. The average Bonchev–Trinajstić information content (AvgIpc) is 2.52. The molecular weight excluding hydrogens is 361 g/mol. The molecule has 2 N–H and O–H groups in total. The number of urea groups is 1. The Morgan fingerprint density at radius 3 is 2.44 bits per heavy atom. The molecule has 25 heavy (non-hydrogen) atoms. The molecule has 0 aliphatic heterocycles. The Hall–Kier alpha value is -1.51. The van der Waals surface area contributed by atoms with Crippen molar-refractivity contribution in [3.05, 3.63) is 28.8 Å². The minimum atomic E-state index is -4.62. The van der Waals surface area contributed by atoms with Gasteiger partial charge >= 0.3 is 12.2 Å². The molecule has 0 aliphatic carbocycles. The summed E-state index contributed by atoms with van der Waals surface area (Å²) in [5, 5.41) is 4.63. The van der Waals surface area contributed by atoms with E-state index in [0.29, 0.717) is 26.1 Å². The number of amides is 2. The predicted molar refractivity (Wildman–Crippen MR) is 89.7 cm³/mol. The zero-order chi connectivity index (χ0) is 18.9. The quantitative estimate of drug-likeness (QED) is 0.482. The zero-order valence-electron chi connectivity index (χ0n) is 14.1. The highest BCUT2D eigenvalue weighted by Gasteiger charge is 2.34. The monoisotopic (exact) mass is 382 g/mol. The second-order valence-electron chi connectivity index (χ2n) is 5.05. The van der Waals surface area contributed by atoms with Gasteiger partial charge in [-0.1, -0.05) is 11.6 Å². The summed E-state index contributed by atoms with van der Waals surface area (Å²) in [5.41, 5.74) is -1.35. The smallest absolute Gasteiger partial charge is 0.353 e. The molecule has 0 aliphatic rings. The van der Waals surface area contributed by atoms with Crippen molar-refractivity contribution in [2.45, 2.75) is 39.2 Å². The highest BCUT2D eigenvalue weighted by molar-refractivity contribution is 6.30. The van der Waals surface area contributed by atoms with Gasteiger partial charge < -0.3 is 20.1 Å². The molecule has 0 saturated carbocycles. The molecule has 0 radical (unpaired) electrons. The van der Waals surface area contributed by atoms with Crippen LogP contribution in [0.25, 0.3) is 0 Å². The van der Waals surface area contributed by atoms with Crippen LogP contribution in [0, 0.1) is 0 Å². The zero-order valence-corrected chi connectivity index (χ0v) is 14.8. The summed E-state index contributed by atoms with van der Waals surface area (Å²) in [6.07, 6.45) is -3.84. The molecule has 142 valence electrons. The molecule has 0 saturated heterocycles. The molecule has 1 aromatic carbocycles. The lowest BCUT2D eigenvalue weighted by Gasteiger charge is -2.17. The van der Waals surface area contributed by atoms with Gasteiger partial charge in [0.05, 0.1) is 11.3 Å². The first-order chi connectivity index (χ1) is 11.8. The van der Waals surface area contributed by atoms with Crippen LogP contribution in [-0.2, 0) is 15.7 Å². The van der Waals surface area contributed by atoms with Crippen molar-refractivity contribution in [2.24, 2.45) is 0 Å². The van der Waals surface area contributed by atoms with Gasteiger partial charge in [0.15, 0.2) is 6.29 Å². The van der Waals surface area contributed by atoms with Crippen molar-refractivity contribution >= 4 is 23.3 Å². The second-order valence-corrected chi connectivity index (χ2v) is 5.49. The number of benzene rings is 1. The van der Waals surface area contributed by atoms with Crippen LogP contribution in [-0.4, -0.2) is 32.1 Å². The number of rotatable bonds is 9. The summed E-state index contributed by atoms with van der Waals surface area (Å²) in [5.74, 6) is 0. The number of alkyl halides is 3. The Balaban J connectivity index is 2.50. The fourth-order valence-corrected chi connectivity index (χ4v) is 2.26. The molecule has 9 heteroatoms. The maximum atomic E-state index is 13.0. The first-order valence-electron chi connectivity index (χ1n) is 7.92. The molecular formula is C16H22ClF3N2O3. The van der Waals surface area contributed by atoms with Crippen LogP contribution < -0.4 is 10.6 Å². The summed E-state index contributed by atoms with van der Waals surface area (Å²) in [7, 11) is 0. The molecule has 5 nitrogen and oxygen atoms in total. The number of carbonyl (C=O) groups is 1. The van der Waals surface area contributed by atoms with E-state index in [1.165, 1.54) is 6.07 Å². The number of anilines is 1. The van der Waals surface area contributed by atoms with E-state index in [1.54, 1.807) is 0 Å². The van der Waals surface area contributed by atoms with Crippen molar-refractivity contribution < 1.29 is 27.4 Å². The predicted octanol–water partition coefficient (Wildman–Crippen LogP) is 4.66. The largest absolute Gasteiger partial charge is 0.418 e. The third-order valence-electron chi connectivity index (χ3n) is 3.14. The van der Waals surface area contributed by atoms with E-state index in [4.69, 9.17) is 21.1 Å². The fraction of sp³-hybridized carbons (Fsp3) is 0.562. The molecule has 0 spiro atoms. The number of halogens is 4. The fourth-order valence-electron chi connectivity index (χ4n) is 2.08. The Morgan fingerprint density at radius 2 is 1.88 bits per heavy atom. The van der Waals surface area contributed by atoms with Crippen LogP contribution >= 0.6 is 11.6 Å². The van der Waals surface area contributed by atoms with E-state index in [-0.39, 0.29) is 23.5 Å². The molecule has 0 unspecified atom stereocenters. The molecule has 0 aromatic heterocycles. The maximum Gasteiger partial charge on any atom is 0.418 e. The van der Waals surface area contributed by atoms with Crippen LogP contribution in [0.15, 0.2) is 18.2 Å². The normalized spacial score (nSPS) is 11.6. The number of hydrogen-bond acceptors (Lipinski definition) is 3. The standard InChI is InChI=1S/C16H22ClF3N2O3/c1-3-24-14(25-4-2)6-5-9-21-15(23)22-13-8-7-11(17)10-12(13)16(18,19)20/h7-8,10,14H,3-6,9H2,1-2H3,(H2,21,22,23). The number of carbonyl (C=O) groups excluding carboxylic acids is 1. The number of nitrogens with one attached hydrogen (secondary N) is 2. The second kappa shape index (κ2) is 10.5. The van der Waals surface area contributed by atoms with Gasteiger partial charge in [-0.2, -0.15) is 13.2 Å². The van der Waals surface area contributed by atoms with Gasteiger partial charge in [-0.15, -0.1) is 0 Å². The highest BCUT2D eigenvalue weighted by Crippen LogP contribution is 2.36. The molecule has 0 fully saturated rings. The third-order valence-corrected chi connectivity index (χ3v) is 3.38. The Labute approximate surface area is 149 Å². The van der Waals surface area contributed by atoms with Crippen LogP contribution in [0.3, 0.4) is 0 Å². The van der Waals surface area contributed by atoms with Crippen molar-refractivity contribution in [3.8, 4) is 0 Å². The number of hydrogen-bond donors (Lipinski definition) is 2. The minimum Gasteiger partial charge on any atom is -0.353 e. The molecule has 1 rings (SSSR count). The first-order valence-corrected chi connectivity index (χ1v) is 8.30. The van der Waals surface area contributed by atoms with E-state index >= 15 is 0 Å². The van der Waals surface area contributed by atoms with E-state index in [9.17, 15) is 18.0 Å². The molecule has 2 amide bonds. The van der Waals surface area contributed by atoms with Crippen LogP contribution in [0.1, 0.15) is 32.3 Å². The van der Waals surface area contributed by atoms with Gasteiger partial charge in [-0.05, 0) is 38.5 Å². The van der Waals surface area contributed by atoms with E-state index in [2.05, 4.69) is 10.6 Å². The minimum absolute atomic E-state index is 0.0591. The van der Waals surface area contributed by atoms with Crippen LogP contribution in [0.4, 0.5) is 23.7 Å². The Bertz CT molecular complexity index is 550. The van der Waals surface area contributed by atoms with Crippen molar-refractivity contribution in [3.63, 3.8) is 0 Å². The summed E-state index contributed by atoms with van der Waals surface area (Å²) < 4.78 is 49.6. The van der Waals surface area contributed by atoms with Gasteiger partial charge in [0.2, 0.25) is 0 Å². The molecule has 0 heterocycles. The lowest BCUT2D eigenvalue weighted by molar-refractivity contribution is -0.139. The van der Waals surface area contributed by atoms with Gasteiger partial charge in [0.1, 0.15) is 0 Å². The lowest BCUT2D eigenvalue weighted by Crippen LogP contribution is -2.31. The molecule has 0 bridgehead atoms. The Morgan fingerprint density at radius 1 is 1.24 bits per heavy atom. The first kappa shape index (κ1) is 21.5. The van der Waals surface area contributed by atoms with Gasteiger partial charge in [0.25, 0.3) is 0 Å². The van der Waals surface area contributed by atoms with E-state index in [1.807, 2.05) is 13.8 Å². The Kier molecular flexibility index (Phi) is 9.02. The SMILES string of the molecule is CCOC(CCCNC(=O)Nc1ccc(Cl)cc1C(F)(F)F)OCC. The van der Waals surface area contributed by atoms with Crippen molar-refractivity contribution in [2.75, 3.05) is 25.1 Å².